The number of amides is 5. The first-order valence-corrected chi connectivity index (χ1v) is 14.5. The Labute approximate surface area is 231 Å². The number of urea groups is 1. The zero-order chi connectivity index (χ0) is 29.0. The smallest absolute Gasteiger partial charge is 0.315 e. The van der Waals surface area contributed by atoms with Crippen LogP contribution in [0.1, 0.15) is 99.3 Å². The minimum atomic E-state index is -1.06. The van der Waals surface area contributed by atoms with Gasteiger partial charge in [-0.15, -0.1) is 0 Å². The Morgan fingerprint density at radius 1 is 0.949 bits per heavy atom. The van der Waals surface area contributed by atoms with Crippen LogP contribution < -0.4 is 21.7 Å². The maximum Gasteiger partial charge on any atom is 0.315 e. The summed E-state index contributed by atoms with van der Waals surface area (Å²) in [4.78, 5) is 66.8. The number of ketones is 1. The van der Waals surface area contributed by atoms with Gasteiger partial charge >= 0.3 is 6.03 Å². The van der Waals surface area contributed by atoms with Gasteiger partial charge < -0.3 is 26.6 Å². The molecular weight excluding hydrogens is 498 g/mol. The molecule has 0 radical (unpaired) electrons. The van der Waals surface area contributed by atoms with E-state index in [-0.39, 0.29) is 22.7 Å². The number of hydrogen-bond acceptors (Lipinski definition) is 5. The average Bonchev–Trinajstić information content (AvgIpc) is 3.25. The third kappa shape index (κ3) is 5.94. The van der Waals surface area contributed by atoms with E-state index in [0.717, 1.165) is 44.9 Å². The number of rotatable bonds is 8. The number of primary amides is 1. The van der Waals surface area contributed by atoms with Crippen LogP contribution in [0, 0.1) is 22.2 Å². The van der Waals surface area contributed by atoms with E-state index in [1.54, 1.807) is 4.90 Å². The predicted molar refractivity (Wildman–Crippen MR) is 146 cm³/mol. The normalized spacial score (nSPS) is 27.2. The Bertz CT molecular complexity index is 1040. The molecule has 4 aliphatic rings. The molecule has 0 bridgehead atoms. The van der Waals surface area contributed by atoms with Crippen molar-refractivity contribution in [1.29, 1.82) is 0 Å². The topological polar surface area (TPSA) is 151 Å². The van der Waals surface area contributed by atoms with E-state index in [2.05, 4.69) is 16.0 Å². The van der Waals surface area contributed by atoms with Gasteiger partial charge in [-0.25, -0.2) is 4.79 Å². The first-order valence-electron chi connectivity index (χ1n) is 14.5. The molecule has 1 heterocycles. The third-order valence-electron chi connectivity index (χ3n) is 9.55. The summed E-state index contributed by atoms with van der Waals surface area (Å²) in [6.45, 7) is 11.7. The van der Waals surface area contributed by atoms with Gasteiger partial charge in [0.25, 0.3) is 5.91 Å². The lowest BCUT2D eigenvalue weighted by molar-refractivity contribution is -0.143. The van der Waals surface area contributed by atoms with Crippen LogP contribution in [-0.4, -0.2) is 64.6 Å². The zero-order valence-electron chi connectivity index (χ0n) is 24.4. The van der Waals surface area contributed by atoms with Crippen molar-refractivity contribution < 1.29 is 24.0 Å². The number of nitrogens with one attached hydrogen (secondary N) is 3. The first-order chi connectivity index (χ1) is 18.0. The fourth-order valence-electron chi connectivity index (χ4n) is 6.93. The quantitative estimate of drug-likeness (QED) is 0.345. The highest BCUT2D eigenvalue weighted by Gasteiger charge is 2.73. The van der Waals surface area contributed by atoms with Crippen LogP contribution in [0.25, 0.3) is 0 Å². The van der Waals surface area contributed by atoms with E-state index < -0.39 is 52.7 Å². The monoisotopic (exact) mass is 545 g/mol. The molecule has 2 spiro atoms. The van der Waals surface area contributed by atoms with Gasteiger partial charge in [0, 0.05) is 12.1 Å². The SMILES string of the molecule is CC(C)(C)NC(=O)N[C@H](C(=O)N1C[C@]2(C[C@H]1C(=O)NC(CC1CCC1)C(=O)C(N)=O)CC21CCC1)C(C)(C)C. The molecule has 10 nitrogen and oxygen atoms in total. The van der Waals surface area contributed by atoms with Crippen molar-refractivity contribution in [1.82, 2.24) is 20.9 Å². The van der Waals surface area contributed by atoms with Gasteiger partial charge in [-0.05, 0) is 75.0 Å². The lowest BCUT2D eigenvalue weighted by atomic mass is 9.74. The largest absolute Gasteiger partial charge is 0.363 e. The maximum atomic E-state index is 14.2. The number of nitrogens with two attached hydrogens (primary N) is 1. The van der Waals surface area contributed by atoms with Crippen molar-refractivity contribution in [2.75, 3.05) is 6.54 Å². The molecule has 4 atom stereocenters. The van der Waals surface area contributed by atoms with E-state index in [1.165, 1.54) is 0 Å². The average molecular weight is 546 g/mol. The van der Waals surface area contributed by atoms with Crippen molar-refractivity contribution in [3.63, 3.8) is 0 Å². The van der Waals surface area contributed by atoms with Gasteiger partial charge in [0.2, 0.25) is 17.6 Å². The molecule has 10 heteroatoms. The summed E-state index contributed by atoms with van der Waals surface area (Å²) < 4.78 is 0. The number of Topliss-reactive ketones (excluding diaryl/α,β-unsaturated/α-hetero) is 1. The second kappa shape index (κ2) is 10.1. The van der Waals surface area contributed by atoms with Crippen LogP contribution in [0.15, 0.2) is 0 Å². The molecule has 4 fully saturated rings. The standard InChI is InChI=1S/C29H47N5O5/c1-26(2,3)21(32-25(39)33-27(4,5)6)24(38)34-16-29(15-28(29)11-8-12-28)14-19(34)23(37)31-18(20(35)22(30)36)13-17-9-7-10-17/h17-19,21H,7-16H2,1-6H3,(H2,30,36)(H,31,37)(H2,32,33,39)/t18?,19-,21+,29-/m0/s1. The Balaban J connectivity index is 1.57. The summed E-state index contributed by atoms with van der Waals surface area (Å²) in [7, 11) is 0. The molecule has 4 rings (SSSR count). The van der Waals surface area contributed by atoms with Crippen molar-refractivity contribution in [3.05, 3.63) is 0 Å². The maximum absolute atomic E-state index is 14.2. The number of carbonyl (C=O) groups excluding carboxylic acids is 5. The summed E-state index contributed by atoms with van der Waals surface area (Å²) >= 11 is 0. The van der Waals surface area contributed by atoms with Crippen LogP contribution in [0.4, 0.5) is 4.79 Å². The Hall–Kier alpha value is -2.65. The molecule has 1 unspecified atom stereocenters. The highest BCUT2D eigenvalue weighted by atomic mass is 16.2. The van der Waals surface area contributed by atoms with Crippen LogP contribution in [-0.2, 0) is 19.2 Å². The summed E-state index contributed by atoms with van der Waals surface area (Å²) in [5.41, 5.74) is 4.29. The van der Waals surface area contributed by atoms with E-state index in [4.69, 9.17) is 5.73 Å². The van der Waals surface area contributed by atoms with Gasteiger partial charge in [-0.1, -0.05) is 46.5 Å². The molecule has 218 valence electrons. The summed E-state index contributed by atoms with van der Waals surface area (Å²) in [6.07, 6.45) is 8.21. The number of fused-ring (bicyclic) bond motifs is 1. The van der Waals surface area contributed by atoms with Crippen LogP contribution in [0.2, 0.25) is 0 Å². The van der Waals surface area contributed by atoms with Gasteiger partial charge in [0.15, 0.2) is 0 Å². The lowest BCUT2D eigenvalue weighted by Gasteiger charge is -2.37. The molecule has 39 heavy (non-hydrogen) atoms. The van der Waals surface area contributed by atoms with Crippen molar-refractivity contribution in [2.45, 2.75) is 123 Å². The molecule has 5 N–H and O–H groups in total. The molecule has 1 saturated heterocycles. The minimum Gasteiger partial charge on any atom is -0.363 e. The molecule has 3 saturated carbocycles. The number of nitrogens with zero attached hydrogens (tertiary/aromatic N) is 1. The number of likely N-dealkylation sites (tertiary alicyclic amines) is 1. The van der Waals surface area contributed by atoms with E-state index in [0.29, 0.717) is 19.4 Å². The molecule has 5 amide bonds. The second-order valence-electron chi connectivity index (χ2n) is 14.7. The van der Waals surface area contributed by atoms with E-state index in [1.807, 2.05) is 41.5 Å². The van der Waals surface area contributed by atoms with Gasteiger partial charge in [-0.2, -0.15) is 0 Å². The molecular formula is C29H47N5O5. The number of hydrogen-bond donors (Lipinski definition) is 4. The second-order valence-corrected chi connectivity index (χ2v) is 14.7. The van der Waals surface area contributed by atoms with Crippen molar-refractivity contribution in [2.24, 2.45) is 27.9 Å². The molecule has 1 aliphatic heterocycles. The van der Waals surface area contributed by atoms with Crippen molar-refractivity contribution in [3.8, 4) is 0 Å². The summed E-state index contributed by atoms with van der Waals surface area (Å²) in [5.74, 6) is -2.32. The number of carbonyl (C=O) groups is 5. The highest BCUT2D eigenvalue weighted by molar-refractivity contribution is 6.37. The lowest BCUT2D eigenvalue weighted by Crippen LogP contribution is -2.61. The van der Waals surface area contributed by atoms with Crippen LogP contribution >= 0.6 is 0 Å². The Morgan fingerprint density at radius 3 is 2.03 bits per heavy atom. The minimum absolute atomic E-state index is 0.115. The Morgan fingerprint density at radius 2 is 1.59 bits per heavy atom. The van der Waals surface area contributed by atoms with Crippen LogP contribution in [0.5, 0.6) is 0 Å². The van der Waals surface area contributed by atoms with E-state index in [9.17, 15) is 24.0 Å². The summed E-state index contributed by atoms with van der Waals surface area (Å²) in [5, 5.41) is 8.55. The highest BCUT2D eigenvalue weighted by Crippen LogP contribution is 2.77. The van der Waals surface area contributed by atoms with E-state index >= 15 is 0 Å². The molecule has 0 aromatic rings. The fraction of sp³-hybridized carbons (Fsp3) is 0.828. The van der Waals surface area contributed by atoms with Gasteiger partial charge in [-0.3, -0.25) is 19.2 Å². The Kier molecular flexibility index (Phi) is 7.58. The molecule has 0 aromatic heterocycles. The summed E-state index contributed by atoms with van der Waals surface area (Å²) in [6, 6.07) is -3.07. The molecule has 0 aromatic carbocycles. The zero-order valence-corrected chi connectivity index (χ0v) is 24.4. The van der Waals surface area contributed by atoms with Gasteiger partial charge in [0.05, 0.1) is 6.04 Å². The molecule has 3 aliphatic carbocycles. The fourth-order valence-corrected chi connectivity index (χ4v) is 6.93. The predicted octanol–water partition coefficient (Wildman–Crippen LogP) is 2.39. The first kappa shape index (κ1) is 29.3. The third-order valence-corrected chi connectivity index (χ3v) is 9.55. The van der Waals surface area contributed by atoms with Crippen molar-refractivity contribution >= 4 is 29.5 Å². The van der Waals surface area contributed by atoms with Crippen LogP contribution in [0.3, 0.4) is 0 Å². The van der Waals surface area contributed by atoms with Gasteiger partial charge in [0.1, 0.15) is 12.1 Å².